The maximum atomic E-state index is 12.2. The summed E-state index contributed by atoms with van der Waals surface area (Å²) in [5, 5.41) is 9.32. The third-order valence-electron chi connectivity index (χ3n) is 4.55. The Hall–Kier alpha value is -2.04. The number of rotatable bonds is 8. The second-order valence-electron chi connectivity index (χ2n) is 8.76. The average Bonchev–Trinajstić information content (AvgIpc) is 3.50. The van der Waals surface area contributed by atoms with Gasteiger partial charge in [-0.25, -0.2) is 9.79 Å². The van der Waals surface area contributed by atoms with Gasteiger partial charge in [0.05, 0.1) is 19.1 Å². The summed E-state index contributed by atoms with van der Waals surface area (Å²) in [5.41, 5.74) is 0.533. The van der Waals surface area contributed by atoms with Crippen molar-refractivity contribution in [2.75, 3.05) is 27.2 Å². The lowest BCUT2D eigenvalue weighted by atomic mass is 10.2. The maximum Gasteiger partial charge on any atom is 0.407 e. The summed E-state index contributed by atoms with van der Waals surface area (Å²) < 4.78 is 5.39. The van der Waals surface area contributed by atoms with Gasteiger partial charge in [0, 0.05) is 20.6 Å². The molecule has 1 atom stereocenters. The lowest BCUT2D eigenvalue weighted by Gasteiger charge is -2.24. The Morgan fingerprint density at radius 1 is 1.16 bits per heavy atom. The summed E-state index contributed by atoms with van der Waals surface area (Å²) in [7, 11) is 3.43. The number of aliphatic imine (C=N–C) groups is 1. The Kier molecular flexibility index (Phi) is 11.1. The van der Waals surface area contributed by atoms with Crippen LogP contribution in [0.2, 0.25) is 0 Å². The first-order valence-corrected chi connectivity index (χ1v) is 10.4. The average molecular weight is 545 g/mol. The molecule has 8 nitrogen and oxygen atoms in total. The standard InChI is InChI=1S/C22H35N5O3.HI/c1-22(2,3)30-21(29)26-18(17-11-12-17)14-24-20(25-15-19(28)27(4)5)23-13-16-9-7-6-8-10-16;/h6-10,17-18H,11-15H2,1-5H3,(H,26,29)(H2,23,24,25);1H. The predicted octanol–water partition coefficient (Wildman–Crippen LogP) is 2.73. The molecule has 1 aromatic rings. The number of guanidine groups is 1. The van der Waals surface area contributed by atoms with E-state index in [9.17, 15) is 9.59 Å². The van der Waals surface area contributed by atoms with Crippen LogP contribution in [-0.2, 0) is 16.1 Å². The Labute approximate surface area is 202 Å². The van der Waals surface area contributed by atoms with Gasteiger partial charge in [0.25, 0.3) is 0 Å². The zero-order chi connectivity index (χ0) is 22.1. The zero-order valence-electron chi connectivity index (χ0n) is 19.1. The highest BCUT2D eigenvalue weighted by molar-refractivity contribution is 14.0. The topological polar surface area (TPSA) is 95.1 Å². The summed E-state index contributed by atoms with van der Waals surface area (Å²) >= 11 is 0. The van der Waals surface area contributed by atoms with E-state index < -0.39 is 11.7 Å². The molecule has 9 heteroatoms. The number of likely N-dealkylation sites (N-methyl/N-ethyl adjacent to an activating group) is 1. The third kappa shape index (κ3) is 11.2. The van der Waals surface area contributed by atoms with Crippen LogP contribution in [0.15, 0.2) is 35.3 Å². The van der Waals surface area contributed by atoms with Crippen molar-refractivity contribution in [1.82, 2.24) is 20.9 Å². The van der Waals surface area contributed by atoms with Crippen LogP contribution in [0.25, 0.3) is 0 Å². The number of halogens is 1. The van der Waals surface area contributed by atoms with E-state index in [0.717, 1.165) is 18.4 Å². The monoisotopic (exact) mass is 545 g/mol. The van der Waals surface area contributed by atoms with E-state index in [1.165, 1.54) is 4.90 Å². The lowest BCUT2D eigenvalue weighted by Crippen LogP contribution is -2.50. The molecule has 0 heterocycles. The minimum absolute atomic E-state index is 0. The Bertz CT molecular complexity index is 730. The number of amides is 2. The molecule has 0 aromatic heterocycles. The van der Waals surface area contributed by atoms with Crippen LogP contribution in [0.5, 0.6) is 0 Å². The fourth-order valence-electron chi connectivity index (χ4n) is 2.75. The van der Waals surface area contributed by atoms with E-state index in [-0.39, 0.29) is 42.5 Å². The highest BCUT2D eigenvalue weighted by Crippen LogP contribution is 2.32. The van der Waals surface area contributed by atoms with Gasteiger partial charge >= 0.3 is 6.09 Å². The van der Waals surface area contributed by atoms with Gasteiger partial charge in [-0.3, -0.25) is 4.79 Å². The highest BCUT2D eigenvalue weighted by Gasteiger charge is 2.33. The van der Waals surface area contributed by atoms with Gasteiger partial charge in [0.1, 0.15) is 5.60 Å². The maximum absolute atomic E-state index is 12.2. The van der Waals surface area contributed by atoms with Gasteiger partial charge in [-0.2, -0.15) is 0 Å². The summed E-state index contributed by atoms with van der Waals surface area (Å²) in [4.78, 5) is 30.3. The molecule has 2 rings (SSSR count). The van der Waals surface area contributed by atoms with Gasteiger partial charge in [0.15, 0.2) is 5.96 Å². The second-order valence-corrected chi connectivity index (χ2v) is 8.76. The molecule has 1 saturated carbocycles. The van der Waals surface area contributed by atoms with E-state index in [0.29, 0.717) is 25.0 Å². The predicted molar refractivity (Wildman–Crippen MR) is 134 cm³/mol. The molecular weight excluding hydrogens is 509 g/mol. The Balaban J connectivity index is 0.00000480. The van der Waals surface area contributed by atoms with Crippen LogP contribution in [0, 0.1) is 5.92 Å². The van der Waals surface area contributed by atoms with Crippen LogP contribution in [0.3, 0.4) is 0 Å². The first kappa shape index (κ1) is 27.0. The number of alkyl carbamates (subject to hydrolysis) is 1. The van der Waals surface area contributed by atoms with E-state index in [4.69, 9.17) is 4.74 Å². The van der Waals surface area contributed by atoms with Gasteiger partial charge < -0.3 is 25.6 Å². The fraction of sp³-hybridized carbons (Fsp3) is 0.591. The second kappa shape index (κ2) is 12.7. The van der Waals surface area contributed by atoms with Gasteiger partial charge in [-0.1, -0.05) is 30.3 Å². The number of hydrogen-bond donors (Lipinski definition) is 3. The SMILES string of the molecule is CN(C)C(=O)CNC(=NCc1ccccc1)NCC(NC(=O)OC(C)(C)C)C1CC1.I. The largest absolute Gasteiger partial charge is 0.444 e. The molecule has 31 heavy (non-hydrogen) atoms. The molecule has 0 spiro atoms. The van der Waals surface area contributed by atoms with Crippen molar-refractivity contribution in [2.45, 2.75) is 51.8 Å². The quantitative estimate of drug-likeness (QED) is 0.266. The first-order valence-electron chi connectivity index (χ1n) is 10.4. The highest BCUT2D eigenvalue weighted by atomic mass is 127. The molecule has 2 amide bonds. The molecular formula is C22H36IN5O3. The van der Waals surface area contributed by atoms with Crippen LogP contribution < -0.4 is 16.0 Å². The van der Waals surface area contributed by atoms with Crippen LogP contribution in [-0.4, -0.2) is 61.7 Å². The smallest absolute Gasteiger partial charge is 0.407 e. The normalized spacial score (nSPS) is 14.7. The van der Waals surface area contributed by atoms with Gasteiger partial charge in [-0.15, -0.1) is 24.0 Å². The number of carbonyl (C=O) groups is 2. The van der Waals surface area contributed by atoms with Crippen molar-refractivity contribution in [3.05, 3.63) is 35.9 Å². The summed E-state index contributed by atoms with van der Waals surface area (Å²) in [6.07, 6.45) is 1.73. The molecule has 0 aliphatic heterocycles. The molecule has 0 radical (unpaired) electrons. The molecule has 1 unspecified atom stereocenters. The third-order valence-corrected chi connectivity index (χ3v) is 4.55. The summed E-state index contributed by atoms with van der Waals surface area (Å²) in [6.45, 7) is 6.66. The lowest BCUT2D eigenvalue weighted by molar-refractivity contribution is -0.127. The molecule has 174 valence electrons. The van der Waals surface area contributed by atoms with Crippen molar-refractivity contribution in [1.29, 1.82) is 0 Å². The van der Waals surface area contributed by atoms with Gasteiger partial charge in [0.2, 0.25) is 5.91 Å². The van der Waals surface area contributed by atoms with Crippen molar-refractivity contribution >= 4 is 41.9 Å². The molecule has 3 N–H and O–H groups in total. The Morgan fingerprint density at radius 2 is 1.81 bits per heavy atom. The van der Waals surface area contributed by atoms with E-state index in [1.54, 1.807) is 14.1 Å². The molecule has 1 aliphatic carbocycles. The Morgan fingerprint density at radius 3 is 2.35 bits per heavy atom. The minimum atomic E-state index is -0.540. The van der Waals surface area contributed by atoms with Crippen LogP contribution in [0.4, 0.5) is 4.79 Å². The fourth-order valence-corrected chi connectivity index (χ4v) is 2.75. The zero-order valence-corrected chi connectivity index (χ0v) is 21.4. The number of nitrogens with zero attached hydrogens (tertiary/aromatic N) is 2. The van der Waals surface area contributed by atoms with E-state index >= 15 is 0 Å². The van der Waals surface area contributed by atoms with Crippen molar-refractivity contribution in [3.63, 3.8) is 0 Å². The summed E-state index contributed by atoms with van der Waals surface area (Å²) in [6, 6.07) is 9.84. The minimum Gasteiger partial charge on any atom is -0.444 e. The number of carbonyl (C=O) groups excluding carboxylic acids is 2. The number of ether oxygens (including phenoxy) is 1. The van der Waals surface area contributed by atoms with Gasteiger partial charge in [-0.05, 0) is 45.1 Å². The number of benzene rings is 1. The van der Waals surface area contributed by atoms with Crippen molar-refractivity contribution in [2.24, 2.45) is 10.9 Å². The van der Waals surface area contributed by atoms with Crippen molar-refractivity contribution in [3.8, 4) is 0 Å². The molecule has 1 aliphatic rings. The molecule has 0 saturated heterocycles. The number of hydrogen-bond acceptors (Lipinski definition) is 4. The van der Waals surface area contributed by atoms with E-state index in [1.807, 2.05) is 51.1 Å². The van der Waals surface area contributed by atoms with Crippen molar-refractivity contribution < 1.29 is 14.3 Å². The van der Waals surface area contributed by atoms with E-state index in [2.05, 4.69) is 20.9 Å². The van der Waals surface area contributed by atoms with Crippen LogP contribution in [0.1, 0.15) is 39.2 Å². The summed E-state index contributed by atoms with van der Waals surface area (Å²) in [5.74, 6) is 0.907. The van der Waals surface area contributed by atoms with Crippen LogP contribution >= 0.6 is 24.0 Å². The molecule has 1 aromatic carbocycles. The molecule has 0 bridgehead atoms. The first-order chi connectivity index (χ1) is 14.1. The molecule has 1 fully saturated rings. The number of nitrogens with one attached hydrogen (secondary N) is 3.